The van der Waals surface area contributed by atoms with Crippen molar-refractivity contribution < 1.29 is 9.53 Å². The Labute approximate surface area is 254 Å². The lowest BCUT2D eigenvalue weighted by Gasteiger charge is -2.27. The zero-order valence-corrected chi connectivity index (χ0v) is 26.2. The Hall–Kier alpha value is -3.33. The first-order valence-corrected chi connectivity index (χ1v) is 16.3. The van der Waals surface area contributed by atoms with Gasteiger partial charge < -0.3 is 4.74 Å². The maximum absolute atomic E-state index is 12.6. The van der Waals surface area contributed by atoms with Gasteiger partial charge in [-0.25, -0.2) is 0 Å². The Morgan fingerprint density at radius 3 is 2.02 bits per heavy atom. The summed E-state index contributed by atoms with van der Waals surface area (Å²) in [6.07, 6.45) is 11.5. The summed E-state index contributed by atoms with van der Waals surface area (Å²) in [4.78, 5) is 12.6. The predicted octanol–water partition coefficient (Wildman–Crippen LogP) is 11.2. The predicted molar refractivity (Wildman–Crippen MR) is 169 cm³/mol. The van der Waals surface area contributed by atoms with Gasteiger partial charge in [-0.3, -0.25) is 4.79 Å². The molecule has 0 amide bonds. The quantitative estimate of drug-likeness (QED) is 0.106. The third-order valence-electron chi connectivity index (χ3n) is 7.85. The van der Waals surface area contributed by atoms with E-state index in [1.165, 1.54) is 43.4 Å². The van der Waals surface area contributed by atoms with Crippen molar-refractivity contribution in [2.75, 3.05) is 0 Å². The van der Waals surface area contributed by atoms with Crippen LogP contribution in [0.3, 0.4) is 0 Å². The third kappa shape index (κ3) is 10.2. The van der Waals surface area contributed by atoms with Crippen molar-refractivity contribution in [3.05, 3.63) is 53.5 Å². The maximum Gasteiger partial charge on any atom is 0.314 e. The van der Waals surface area contributed by atoms with Gasteiger partial charge in [-0.1, -0.05) is 71.1 Å². The summed E-state index contributed by atoms with van der Waals surface area (Å²) in [6.45, 7) is 8.93. The number of carbonyl (C=O) groups excluding carboxylic acids is 1. The van der Waals surface area contributed by atoms with Crippen LogP contribution >= 0.6 is 11.3 Å². The standard InChI is InChI=1S/C33H44N6O2S/c1-5-6-10-25-11-13-26(14-12-25)32(40)41-30-21-19-29(20-22-30)35-34-27-15-17-28(18-16-27)36-38-33-39-37-31(42-33)24(4)9-7-8-23(2)3/h15-26H,5-14H2,1-4H3. The minimum atomic E-state index is -0.117. The molecule has 1 aromatic heterocycles. The molecule has 9 heteroatoms. The van der Waals surface area contributed by atoms with Crippen LogP contribution < -0.4 is 4.74 Å². The molecule has 0 spiro atoms. The molecule has 0 saturated heterocycles. The number of ether oxygens (including phenoxy) is 1. The van der Waals surface area contributed by atoms with Crippen LogP contribution in [0.15, 0.2) is 69.0 Å². The van der Waals surface area contributed by atoms with Crippen molar-refractivity contribution >= 4 is 39.5 Å². The molecular weight excluding hydrogens is 544 g/mol. The van der Waals surface area contributed by atoms with Crippen molar-refractivity contribution in [1.82, 2.24) is 10.2 Å². The summed E-state index contributed by atoms with van der Waals surface area (Å²) >= 11 is 1.50. The Balaban J connectivity index is 1.22. The molecule has 3 aromatic rings. The Kier molecular flexibility index (Phi) is 12.3. The number of unbranched alkanes of at least 4 members (excludes halogenated alkanes) is 1. The summed E-state index contributed by atoms with van der Waals surface area (Å²) in [6, 6.07) is 14.5. The average Bonchev–Trinajstić information content (AvgIpc) is 3.48. The number of hydrogen-bond acceptors (Lipinski definition) is 9. The molecule has 42 heavy (non-hydrogen) atoms. The topological polar surface area (TPSA) is 102 Å². The molecule has 1 fully saturated rings. The number of azo groups is 2. The number of carbonyl (C=O) groups is 1. The van der Waals surface area contributed by atoms with E-state index in [9.17, 15) is 4.79 Å². The van der Waals surface area contributed by atoms with Gasteiger partial charge in [0.05, 0.1) is 23.0 Å². The van der Waals surface area contributed by atoms with E-state index in [0.29, 0.717) is 33.9 Å². The monoisotopic (exact) mass is 588 g/mol. The molecule has 0 aliphatic heterocycles. The third-order valence-corrected chi connectivity index (χ3v) is 8.89. The highest BCUT2D eigenvalue weighted by molar-refractivity contribution is 7.15. The molecule has 224 valence electrons. The molecule has 0 N–H and O–H groups in total. The molecule has 1 aliphatic rings. The second-order valence-electron chi connectivity index (χ2n) is 11.8. The fourth-order valence-corrected chi connectivity index (χ4v) is 5.93. The fraction of sp³-hybridized carbons (Fsp3) is 0.545. The van der Waals surface area contributed by atoms with Gasteiger partial charge >= 0.3 is 5.97 Å². The van der Waals surface area contributed by atoms with Crippen LogP contribution in [0.2, 0.25) is 0 Å². The SMILES string of the molecule is CCCCC1CCC(C(=O)Oc2ccc(N=Nc3ccc(N=Nc4nnc(C(C)CCCC(C)C)s4)cc3)cc2)CC1. The normalized spacial score (nSPS) is 18.2. The molecule has 1 saturated carbocycles. The van der Waals surface area contributed by atoms with E-state index in [-0.39, 0.29) is 11.9 Å². The van der Waals surface area contributed by atoms with E-state index in [2.05, 4.69) is 58.3 Å². The Morgan fingerprint density at radius 1 is 0.833 bits per heavy atom. The highest BCUT2D eigenvalue weighted by atomic mass is 32.1. The summed E-state index contributed by atoms with van der Waals surface area (Å²) in [5.74, 6) is 2.31. The molecule has 1 heterocycles. The van der Waals surface area contributed by atoms with E-state index >= 15 is 0 Å². The van der Waals surface area contributed by atoms with Crippen LogP contribution in [0.5, 0.6) is 5.75 Å². The van der Waals surface area contributed by atoms with Crippen molar-refractivity contribution in [3.63, 3.8) is 0 Å². The highest BCUT2D eigenvalue weighted by Crippen LogP contribution is 2.33. The largest absolute Gasteiger partial charge is 0.426 e. The van der Waals surface area contributed by atoms with E-state index in [0.717, 1.165) is 48.9 Å². The lowest BCUT2D eigenvalue weighted by molar-refractivity contribution is -0.140. The first kappa shape index (κ1) is 31.6. The number of hydrogen-bond donors (Lipinski definition) is 0. The van der Waals surface area contributed by atoms with E-state index < -0.39 is 0 Å². The van der Waals surface area contributed by atoms with Crippen LogP contribution in [0.4, 0.5) is 22.2 Å². The molecule has 1 aliphatic carbocycles. The molecular formula is C33H44N6O2S. The molecule has 0 bridgehead atoms. The number of rotatable bonds is 14. The van der Waals surface area contributed by atoms with Gasteiger partial charge in [0.25, 0.3) is 5.13 Å². The summed E-state index contributed by atoms with van der Waals surface area (Å²) in [5.41, 5.74) is 2.09. The zero-order chi connectivity index (χ0) is 29.7. The van der Waals surface area contributed by atoms with Gasteiger partial charge in [-0.05, 0) is 92.5 Å². The van der Waals surface area contributed by atoms with Crippen LogP contribution in [-0.4, -0.2) is 16.2 Å². The number of nitrogens with zero attached hydrogens (tertiary/aromatic N) is 6. The Bertz CT molecular complexity index is 1290. The minimum absolute atomic E-state index is 0.00793. The molecule has 1 atom stereocenters. The van der Waals surface area contributed by atoms with Crippen LogP contribution in [0, 0.1) is 17.8 Å². The van der Waals surface area contributed by atoms with E-state index in [1.54, 1.807) is 24.3 Å². The van der Waals surface area contributed by atoms with Crippen molar-refractivity contribution in [2.24, 2.45) is 38.2 Å². The number of aromatic nitrogens is 2. The van der Waals surface area contributed by atoms with E-state index in [1.807, 2.05) is 24.3 Å². The maximum atomic E-state index is 12.6. The lowest BCUT2D eigenvalue weighted by atomic mass is 9.80. The van der Waals surface area contributed by atoms with Crippen LogP contribution in [0.1, 0.15) is 103 Å². The van der Waals surface area contributed by atoms with Gasteiger partial charge in [0.2, 0.25) is 0 Å². The van der Waals surface area contributed by atoms with Crippen molar-refractivity contribution in [2.45, 2.75) is 97.8 Å². The number of esters is 1. The minimum Gasteiger partial charge on any atom is -0.426 e. The Morgan fingerprint density at radius 2 is 1.43 bits per heavy atom. The first-order valence-electron chi connectivity index (χ1n) is 15.5. The highest BCUT2D eigenvalue weighted by Gasteiger charge is 2.27. The smallest absolute Gasteiger partial charge is 0.314 e. The van der Waals surface area contributed by atoms with Gasteiger partial charge in [0.15, 0.2) is 0 Å². The second kappa shape index (κ2) is 16.3. The van der Waals surface area contributed by atoms with E-state index in [4.69, 9.17) is 4.74 Å². The summed E-state index contributed by atoms with van der Waals surface area (Å²) < 4.78 is 5.65. The van der Waals surface area contributed by atoms with Crippen LogP contribution in [-0.2, 0) is 4.79 Å². The van der Waals surface area contributed by atoms with Gasteiger partial charge in [-0.2, -0.15) is 10.2 Å². The second-order valence-corrected chi connectivity index (χ2v) is 12.8. The van der Waals surface area contributed by atoms with Gasteiger partial charge in [0, 0.05) is 5.92 Å². The first-order chi connectivity index (χ1) is 20.4. The molecule has 8 nitrogen and oxygen atoms in total. The lowest BCUT2D eigenvalue weighted by Crippen LogP contribution is -2.25. The summed E-state index contributed by atoms with van der Waals surface area (Å²) in [5, 5.41) is 27.2. The van der Waals surface area contributed by atoms with Gasteiger partial charge in [-0.15, -0.1) is 20.4 Å². The molecule has 4 rings (SSSR count). The number of benzene rings is 2. The summed E-state index contributed by atoms with van der Waals surface area (Å²) in [7, 11) is 0. The van der Waals surface area contributed by atoms with Gasteiger partial charge in [0.1, 0.15) is 10.8 Å². The zero-order valence-electron chi connectivity index (χ0n) is 25.4. The van der Waals surface area contributed by atoms with Crippen molar-refractivity contribution in [3.8, 4) is 5.75 Å². The van der Waals surface area contributed by atoms with Crippen LogP contribution in [0.25, 0.3) is 0 Å². The molecule has 0 radical (unpaired) electrons. The van der Waals surface area contributed by atoms with Crippen molar-refractivity contribution in [1.29, 1.82) is 0 Å². The molecule has 1 unspecified atom stereocenters. The fourth-order valence-electron chi connectivity index (χ4n) is 5.18. The molecule has 2 aromatic carbocycles. The average molecular weight is 589 g/mol.